The van der Waals surface area contributed by atoms with E-state index >= 15 is 0 Å². The fourth-order valence-electron chi connectivity index (χ4n) is 2.88. The Bertz CT molecular complexity index is 726. The quantitative estimate of drug-likeness (QED) is 0.864. The number of ketones is 1. The number of carbonyl (C=O) groups is 1. The lowest BCUT2D eigenvalue weighted by Gasteiger charge is -2.11. The van der Waals surface area contributed by atoms with Crippen LogP contribution in [0.3, 0.4) is 0 Å². The van der Waals surface area contributed by atoms with Gasteiger partial charge in [0.15, 0.2) is 11.0 Å². The van der Waals surface area contributed by atoms with Gasteiger partial charge in [0, 0.05) is 12.5 Å². The van der Waals surface area contributed by atoms with E-state index in [0.717, 1.165) is 30.8 Å². The van der Waals surface area contributed by atoms with Crippen molar-refractivity contribution in [2.24, 2.45) is 0 Å². The van der Waals surface area contributed by atoms with Crippen molar-refractivity contribution < 1.29 is 9.18 Å². The zero-order chi connectivity index (χ0) is 15.1. The number of aromatic nitrogens is 3. The van der Waals surface area contributed by atoms with E-state index in [4.69, 9.17) is 0 Å². The molecule has 0 bridgehead atoms. The van der Waals surface area contributed by atoms with Crippen molar-refractivity contribution in [3.05, 3.63) is 30.1 Å². The molecule has 2 aliphatic rings. The van der Waals surface area contributed by atoms with E-state index in [-0.39, 0.29) is 11.1 Å². The van der Waals surface area contributed by atoms with Crippen LogP contribution >= 0.6 is 11.8 Å². The van der Waals surface area contributed by atoms with Crippen LogP contribution < -0.4 is 0 Å². The largest absolute Gasteiger partial charge is 0.299 e. The number of benzene rings is 1. The molecule has 0 N–H and O–H groups in total. The van der Waals surface area contributed by atoms with E-state index in [9.17, 15) is 9.18 Å². The Morgan fingerprint density at radius 1 is 1.18 bits per heavy atom. The average Bonchev–Trinajstić information content (AvgIpc) is 3.15. The fraction of sp³-hybridized carbons (Fsp3) is 0.438. The summed E-state index contributed by atoms with van der Waals surface area (Å²) in [6, 6.07) is 6.98. The monoisotopic (exact) mass is 317 g/mol. The Hall–Kier alpha value is -1.69. The lowest BCUT2D eigenvalue weighted by atomic mass is 10.2. The van der Waals surface area contributed by atoms with Gasteiger partial charge in [-0.1, -0.05) is 23.9 Å². The molecule has 1 atom stereocenters. The summed E-state index contributed by atoms with van der Waals surface area (Å²) in [5, 5.41) is 9.20. The minimum Gasteiger partial charge on any atom is -0.299 e. The zero-order valence-corrected chi connectivity index (χ0v) is 12.9. The van der Waals surface area contributed by atoms with Crippen LogP contribution in [0.5, 0.6) is 0 Å². The van der Waals surface area contributed by atoms with Crippen LogP contribution in [0, 0.1) is 5.82 Å². The van der Waals surface area contributed by atoms with Crippen LogP contribution in [0.1, 0.15) is 38.1 Å². The van der Waals surface area contributed by atoms with Crippen molar-refractivity contribution in [3.63, 3.8) is 0 Å². The Kier molecular flexibility index (Phi) is 3.48. The fourth-order valence-corrected chi connectivity index (χ4v) is 4.11. The van der Waals surface area contributed by atoms with Gasteiger partial charge in [-0.15, -0.1) is 10.2 Å². The molecule has 6 heteroatoms. The Labute approximate surface area is 132 Å². The highest BCUT2D eigenvalue weighted by molar-refractivity contribution is 8.00. The van der Waals surface area contributed by atoms with E-state index in [1.54, 1.807) is 18.2 Å². The summed E-state index contributed by atoms with van der Waals surface area (Å²) in [6.07, 6.45) is 4.64. The van der Waals surface area contributed by atoms with Crippen LogP contribution in [0.25, 0.3) is 11.4 Å². The number of halogens is 1. The van der Waals surface area contributed by atoms with Crippen LogP contribution in [0.15, 0.2) is 29.4 Å². The predicted molar refractivity (Wildman–Crippen MR) is 82.2 cm³/mol. The summed E-state index contributed by atoms with van der Waals surface area (Å²) in [6.45, 7) is 0. The van der Waals surface area contributed by atoms with Crippen molar-refractivity contribution in [2.45, 2.75) is 48.6 Å². The molecule has 1 heterocycles. The second kappa shape index (κ2) is 5.50. The summed E-state index contributed by atoms with van der Waals surface area (Å²) >= 11 is 1.49. The summed E-state index contributed by atoms with van der Waals surface area (Å²) in [7, 11) is 0. The Balaban J connectivity index is 1.72. The molecule has 2 fully saturated rings. The molecule has 0 amide bonds. The van der Waals surface area contributed by atoms with E-state index in [0.29, 0.717) is 29.6 Å². The van der Waals surface area contributed by atoms with Gasteiger partial charge in [-0.25, -0.2) is 4.39 Å². The maximum Gasteiger partial charge on any atom is 0.192 e. The number of Topliss-reactive ketones (excluding diaryl/α,β-unsaturated/α-hetero) is 1. The van der Waals surface area contributed by atoms with Crippen molar-refractivity contribution in [2.75, 3.05) is 0 Å². The number of rotatable bonds is 4. The summed E-state index contributed by atoms with van der Waals surface area (Å²) in [4.78, 5) is 11.9. The van der Waals surface area contributed by atoms with Gasteiger partial charge < -0.3 is 0 Å². The number of thioether (sulfide) groups is 1. The molecule has 2 aromatic rings. The van der Waals surface area contributed by atoms with Gasteiger partial charge in [0.1, 0.15) is 11.6 Å². The lowest BCUT2D eigenvalue weighted by Crippen LogP contribution is -2.10. The van der Waals surface area contributed by atoms with Gasteiger partial charge in [0.25, 0.3) is 0 Å². The molecular weight excluding hydrogens is 301 g/mol. The predicted octanol–water partition coefficient (Wildman–Crippen LogP) is 3.63. The van der Waals surface area contributed by atoms with E-state index in [1.165, 1.54) is 17.8 Å². The van der Waals surface area contributed by atoms with Crippen molar-refractivity contribution in [1.29, 1.82) is 0 Å². The van der Waals surface area contributed by atoms with E-state index in [1.807, 2.05) is 4.57 Å². The molecule has 1 aromatic carbocycles. The molecule has 1 aromatic heterocycles. The van der Waals surface area contributed by atoms with Crippen LogP contribution in [-0.2, 0) is 4.79 Å². The van der Waals surface area contributed by atoms with Crippen LogP contribution in [0.2, 0.25) is 0 Å². The number of hydrogen-bond acceptors (Lipinski definition) is 4. The molecular formula is C16H16FN3OS. The number of carbonyl (C=O) groups excluding carboxylic acids is 1. The number of hydrogen-bond donors (Lipinski definition) is 0. The molecule has 0 radical (unpaired) electrons. The molecule has 22 heavy (non-hydrogen) atoms. The van der Waals surface area contributed by atoms with E-state index < -0.39 is 0 Å². The maximum atomic E-state index is 14.1. The van der Waals surface area contributed by atoms with Gasteiger partial charge in [0.05, 0.1) is 10.8 Å². The van der Waals surface area contributed by atoms with E-state index in [2.05, 4.69) is 10.2 Å². The third-order valence-electron chi connectivity index (χ3n) is 4.19. The molecule has 2 aliphatic carbocycles. The third kappa shape index (κ3) is 2.45. The van der Waals surface area contributed by atoms with Crippen LogP contribution in [-0.4, -0.2) is 25.8 Å². The van der Waals surface area contributed by atoms with Crippen molar-refractivity contribution in [1.82, 2.24) is 14.8 Å². The van der Waals surface area contributed by atoms with Crippen LogP contribution in [0.4, 0.5) is 4.39 Å². The second-order valence-corrected chi connectivity index (χ2v) is 7.02. The topological polar surface area (TPSA) is 47.8 Å². The molecule has 0 aliphatic heterocycles. The molecule has 4 rings (SSSR count). The first kappa shape index (κ1) is 13.9. The molecule has 114 valence electrons. The Morgan fingerprint density at radius 2 is 2.00 bits per heavy atom. The first-order valence-corrected chi connectivity index (χ1v) is 8.51. The minimum absolute atomic E-state index is 0.0184. The first-order chi connectivity index (χ1) is 10.7. The van der Waals surface area contributed by atoms with Gasteiger partial charge in [-0.2, -0.15) is 0 Å². The molecule has 0 unspecified atom stereocenters. The lowest BCUT2D eigenvalue weighted by molar-refractivity contribution is -0.116. The standard InChI is InChI=1S/C16H16FN3OS/c17-12-5-2-1-4-11(12)15-18-19-16(20(15)10-8-9-10)22-14-7-3-6-13(14)21/h1-2,4-5,10,14H,3,6-9H2/t14-/m1/s1. The third-order valence-corrected chi connectivity index (χ3v) is 5.46. The highest BCUT2D eigenvalue weighted by atomic mass is 32.2. The summed E-state index contributed by atoms with van der Waals surface area (Å²) in [5.41, 5.74) is 0.478. The minimum atomic E-state index is -0.287. The highest BCUT2D eigenvalue weighted by Gasteiger charge is 2.34. The van der Waals surface area contributed by atoms with Gasteiger partial charge >= 0.3 is 0 Å². The maximum absolute atomic E-state index is 14.1. The molecule has 2 saturated carbocycles. The highest BCUT2D eigenvalue weighted by Crippen LogP contribution is 2.43. The summed E-state index contributed by atoms with van der Waals surface area (Å²) in [5.74, 6) is 0.585. The summed E-state index contributed by atoms with van der Waals surface area (Å²) < 4.78 is 16.1. The molecule has 4 nitrogen and oxygen atoms in total. The van der Waals surface area contributed by atoms with Crippen molar-refractivity contribution in [3.8, 4) is 11.4 Å². The Morgan fingerprint density at radius 3 is 2.68 bits per heavy atom. The van der Waals surface area contributed by atoms with Gasteiger partial charge in [-0.3, -0.25) is 9.36 Å². The average molecular weight is 317 g/mol. The zero-order valence-electron chi connectivity index (χ0n) is 12.0. The second-order valence-electron chi connectivity index (χ2n) is 5.85. The smallest absolute Gasteiger partial charge is 0.192 e. The number of nitrogens with zero attached hydrogens (tertiary/aromatic N) is 3. The van der Waals surface area contributed by atoms with Gasteiger partial charge in [-0.05, 0) is 37.8 Å². The van der Waals surface area contributed by atoms with Gasteiger partial charge in [0.2, 0.25) is 0 Å². The SMILES string of the molecule is O=C1CCC[C@H]1Sc1nnc(-c2ccccc2F)n1C1CC1. The molecule has 0 spiro atoms. The normalized spacial score (nSPS) is 21.5. The van der Waals surface area contributed by atoms with Crippen molar-refractivity contribution >= 4 is 17.5 Å². The first-order valence-electron chi connectivity index (χ1n) is 7.63. The molecule has 0 saturated heterocycles.